The van der Waals surface area contributed by atoms with Crippen LogP contribution in [0.2, 0.25) is 0 Å². The summed E-state index contributed by atoms with van der Waals surface area (Å²) in [4.78, 5) is 0. The average molecular weight is 136 g/mol. The highest BCUT2D eigenvalue weighted by Gasteiger charge is 1.94. The van der Waals surface area contributed by atoms with Gasteiger partial charge in [-0.05, 0) is 25.0 Å². The maximum Gasteiger partial charge on any atom is 0.115 e. The van der Waals surface area contributed by atoms with E-state index in [2.05, 4.69) is 18.7 Å². The summed E-state index contributed by atoms with van der Waals surface area (Å²) in [5.41, 5.74) is 0. The van der Waals surface area contributed by atoms with Gasteiger partial charge in [0.25, 0.3) is 0 Å². The summed E-state index contributed by atoms with van der Waals surface area (Å²) in [7, 11) is 0. The fourth-order valence-corrected chi connectivity index (χ4v) is 0.852. The molecule has 0 atom stereocenters. The van der Waals surface area contributed by atoms with Crippen molar-refractivity contribution in [3.63, 3.8) is 0 Å². The van der Waals surface area contributed by atoms with Crippen LogP contribution < -0.4 is 0 Å². The van der Waals surface area contributed by atoms with E-state index < -0.39 is 0 Å². The molecule has 0 saturated carbocycles. The Kier molecular flexibility index (Phi) is 2.81. The Morgan fingerprint density at radius 1 is 1.60 bits per heavy atom. The molecule has 0 spiro atoms. The van der Waals surface area contributed by atoms with Gasteiger partial charge in [-0.2, -0.15) is 0 Å². The molecule has 0 fully saturated rings. The second kappa shape index (κ2) is 3.94. The highest BCUT2D eigenvalue weighted by atomic mass is 16.5. The predicted octanol–water partition coefficient (Wildman–Crippen LogP) is 2.42. The summed E-state index contributed by atoms with van der Waals surface area (Å²) in [5.74, 6) is 0.978. The van der Waals surface area contributed by atoms with Crippen LogP contribution in [0.25, 0.3) is 0 Å². The standard InChI is InChI=1S/C9H12O/c1-2-8-10-9-6-4-3-5-7-9/h2,4,6-7H,1,3,5,8H2. The normalized spacial score (nSPS) is 16.2. The van der Waals surface area contributed by atoms with Crippen molar-refractivity contribution in [2.45, 2.75) is 12.8 Å². The molecule has 0 aromatic carbocycles. The van der Waals surface area contributed by atoms with Crippen LogP contribution in [-0.4, -0.2) is 6.61 Å². The van der Waals surface area contributed by atoms with Crippen molar-refractivity contribution in [2.75, 3.05) is 6.61 Å². The summed E-state index contributed by atoms with van der Waals surface area (Å²) in [6.07, 6.45) is 10.2. The van der Waals surface area contributed by atoms with Gasteiger partial charge in [0.1, 0.15) is 12.4 Å². The molecule has 1 nitrogen and oxygen atoms in total. The molecule has 0 aliphatic heterocycles. The van der Waals surface area contributed by atoms with E-state index in [4.69, 9.17) is 4.74 Å². The SMILES string of the molecule is C=CCOC1=CCCC=C1. The molecule has 54 valence electrons. The van der Waals surface area contributed by atoms with Crippen molar-refractivity contribution in [1.29, 1.82) is 0 Å². The van der Waals surface area contributed by atoms with Crippen molar-refractivity contribution in [3.8, 4) is 0 Å². The van der Waals surface area contributed by atoms with Gasteiger partial charge in [0, 0.05) is 0 Å². The Balaban J connectivity index is 2.32. The van der Waals surface area contributed by atoms with Crippen molar-refractivity contribution < 1.29 is 4.74 Å². The molecule has 0 heterocycles. The zero-order chi connectivity index (χ0) is 7.23. The van der Waals surface area contributed by atoms with Gasteiger partial charge in [0.05, 0.1) is 0 Å². The third-order valence-corrected chi connectivity index (χ3v) is 1.33. The largest absolute Gasteiger partial charge is 0.490 e. The molecule has 0 radical (unpaired) electrons. The lowest BCUT2D eigenvalue weighted by atomic mass is 10.2. The Hall–Kier alpha value is -0.980. The third kappa shape index (κ3) is 2.09. The molecule has 0 saturated heterocycles. The average Bonchev–Trinajstić information content (AvgIpc) is 2.03. The zero-order valence-electron chi connectivity index (χ0n) is 6.05. The lowest BCUT2D eigenvalue weighted by Crippen LogP contribution is -1.91. The molecule has 0 aromatic heterocycles. The van der Waals surface area contributed by atoms with Gasteiger partial charge in [-0.15, -0.1) is 0 Å². The first-order valence-electron chi connectivity index (χ1n) is 3.54. The van der Waals surface area contributed by atoms with E-state index in [1.807, 2.05) is 6.08 Å². The maximum atomic E-state index is 5.29. The first-order valence-corrected chi connectivity index (χ1v) is 3.54. The lowest BCUT2D eigenvalue weighted by molar-refractivity contribution is 0.259. The molecule has 0 bridgehead atoms. The number of hydrogen-bond donors (Lipinski definition) is 0. The smallest absolute Gasteiger partial charge is 0.115 e. The quantitative estimate of drug-likeness (QED) is 0.541. The van der Waals surface area contributed by atoms with E-state index in [0.717, 1.165) is 18.6 Å². The fraction of sp³-hybridized carbons (Fsp3) is 0.333. The van der Waals surface area contributed by atoms with Gasteiger partial charge < -0.3 is 4.74 Å². The Bertz CT molecular complexity index is 166. The van der Waals surface area contributed by atoms with E-state index in [1.165, 1.54) is 0 Å². The zero-order valence-corrected chi connectivity index (χ0v) is 6.05. The molecule has 0 N–H and O–H groups in total. The van der Waals surface area contributed by atoms with E-state index in [0.29, 0.717) is 6.61 Å². The van der Waals surface area contributed by atoms with E-state index in [-0.39, 0.29) is 0 Å². The fourth-order valence-electron chi connectivity index (χ4n) is 0.852. The molecule has 10 heavy (non-hydrogen) atoms. The van der Waals surface area contributed by atoms with Crippen LogP contribution in [0.15, 0.2) is 36.6 Å². The summed E-state index contributed by atoms with van der Waals surface area (Å²) >= 11 is 0. The van der Waals surface area contributed by atoms with Gasteiger partial charge in [-0.25, -0.2) is 0 Å². The first kappa shape index (κ1) is 7.13. The molecule has 0 unspecified atom stereocenters. The van der Waals surface area contributed by atoms with Gasteiger partial charge >= 0.3 is 0 Å². The number of rotatable bonds is 3. The molecule has 1 aliphatic rings. The summed E-state index contributed by atoms with van der Waals surface area (Å²) < 4.78 is 5.29. The van der Waals surface area contributed by atoms with Crippen molar-refractivity contribution in [1.82, 2.24) is 0 Å². The molecule has 0 aromatic rings. The maximum absolute atomic E-state index is 5.29. The van der Waals surface area contributed by atoms with Crippen LogP contribution in [0.5, 0.6) is 0 Å². The third-order valence-electron chi connectivity index (χ3n) is 1.33. The molecule has 1 rings (SSSR count). The van der Waals surface area contributed by atoms with Gasteiger partial charge in [-0.3, -0.25) is 0 Å². The van der Waals surface area contributed by atoms with Crippen LogP contribution in [-0.2, 0) is 4.74 Å². The Morgan fingerprint density at radius 3 is 3.10 bits per heavy atom. The Morgan fingerprint density at radius 2 is 2.50 bits per heavy atom. The second-order valence-electron chi connectivity index (χ2n) is 2.19. The van der Waals surface area contributed by atoms with Gasteiger partial charge in [0.15, 0.2) is 0 Å². The first-order chi connectivity index (χ1) is 4.93. The number of hydrogen-bond acceptors (Lipinski definition) is 1. The number of allylic oxidation sites excluding steroid dienone is 3. The van der Waals surface area contributed by atoms with Crippen LogP contribution in [0.4, 0.5) is 0 Å². The van der Waals surface area contributed by atoms with Crippen LogP contribution in [0.1, 0.15) is 12.8 Å². The predicted molar refractivity (Wildman–Crippen MR) is 42.6 cm³/mol. The van der Waals surface area contributed by atoms with Crippen LogP contribution in [0, 0.1) is 0 Å². The van der Waals surface area contributed by atoms with E-state index >= 15 is 0 Å². The lowest BCUT2D eigenvalue weighted by Gasteiger charge is -2.06. The minimum absolute atomic E-state index is 0.607. The van der Waals surface area contributed by atoms with Gasteiger partial charge in [-0.1, -0.05) is 18.7 Å². The van der Waals surface area contributed by atoms with Crippen molar-refractivity contribution in [2.24, 2.45) is 0 Å². The molecular formula is C9H12O. The van der Waals surface area contributed by atoms with Gasteiger partial charge in [0.2, 0.25) is 0 Å². The molecule has 0 amide bonds. The van der Waals surface area contributed by atoms with E-state index in [1.54, 1.807) is 6.08 Å². The van der Waals surface area contributed by atoms with Crippen LogP contribution >= 0.6 is 0 Å². The number of ether oxygens (including phenoxy) is 1. The summed E-state index contributed by atoms with van der Waals surface area (Å²) in [6, 6.07) is 0. The summed E-state index contributed by atoms with van der Waals surface area (Å²) in [5, 5.41) is 0. The van der Waals surface area contributed by atoms with Crippen molar-refractivity contribution >= 4 is 0 Å². The monoisotopic (exact) mass is 136 g/mol. The highest BCUT2D eigenvalue weighted by molar-refractivity contribution is 5.16. The molecule has 1 aliphatic carbocycles. The highest BCUT2D eigenvalue weighted by Crippen LogP contribution is 2.09. The minimum Gasteiger partial charge on any atom is -0.490 e. The molecule has 1 heteroatoms. The van der Waals surface area contributed by atoms with Crippen LogP contribution in [0.3, 0.4) is 0 Å². The van der Waals surface area contributed by atoms with E-state index in [9.17, 15) is 0 Å². The topological polar surface area (TPSA) is 9.23 Å². The minimum atomic E-state index is 0.607. The second-order valence-corrected chi connectivity index (χ2v) is 2.19. The van der Waals surface area contributed by atoms with Crippen molar-refractivity contribution in [3.05, 3.63) is 36.6 Å². The molecular weight excluding hydrogens is 124 g/mol. The Labute approximate surface area is 61.7 Å². The summed E-state index contributed by atoms with van der Waals surface area (Å²) in [6.45, 7) is 4.18.